The zero-order valence-electron chi connectivity index (χ0n) is 17.3. The number of fused-ring (bicyclic) bond motifs is 1. The second-order valence-electron chi connectivity index (χ2n) is 7.32. The molecule has 2 heterocycles. The van der Waals surface area contributed by atoms with Crippen molar-refractivity contribution < 1.29 is 28.3 Å². The first-order valence-corrected chi connectivity index (χ1v) is 9.98. The van der Waals surface area contributed by atoms with Gasteiger partial charge in [0.2, 0.25) is 0 Å². The molecule has 4 rings (SSSR count). The predicted molar refractivity (Wildman–Crippen MR) is 113 cm³/mol. The van der Waals surface area contributed by atoms with Gasteiger partial charge in [-0.2, -0.15) is 0 Å². The molecule has 1 N–H and O–H groups in total. The van der Waals surface area contributed by atoms with E-state index in [4.69, 9.17) is 0 Å². The molecule has 1 fully saturated rings. The zero-order valence-corrected chi connectivity index (χ0v) is 17.3. The standard InChI is InChI=1S/C23H20FN3O5/c1-32-23(31)15-7-8-17(24)18-16(13-25-19(15)18)20(28)22(30)27-11-9-26(10-12-27)21(29)14-5-3-2-4-6-14/h2-8,13,25H,9-12H2,1H3. The van der Waals surface area contributed by atoms with Crippen LogP contribution in [-0.4, -0.2) is 71.6 Å². The number of ether oxygens (including phenoxy) is 1. The van der Waals surface area contributed by atoms with E-state index in [1.54, 1.807) is 29.2 Å². The molecule has 0 saturated carbocycles. The van der Waals surface area contributed by atoms with Gasteiger partial charge in [-0.25, -0.2) is 9.18 Å². The fraction of sp³-hybridized carbons (Fsp3) is 0.217. The third-order valence-corrected chi connectivity index (χ3v) is 5.50. The van der Waals surface area contributed by atoms with Gasteiger partial charge in [-0.3, -0.25) is 14.4 Å². The number of rotatable bonds is 4. The minimum Gasteiger partial charge on any atom is -0.465 e. The van der Waals surface area contributed by atoms with Crippen LogP contribution in [0.25, 0.3) is 10.9 Å². The number of methoxy groups -OCH3 is 1. The van der Waals surface area contributed by atoms with Gasteiger partial charge in [-0.05, 0) is 24.3 Å². The molecule has 9 heteroatoms. The highest BCUT2D eigenvalue weighted by molar-refractivity contribution is 6.45. The maximum atomic E-state index is 14.5. The van der Waals surface area contributed by atoms with Crippen LogP contribution in [0.15, 0.2) is 48.7 Å². The molecule has 2 amide bonds. The molecule has 1 aliphatic rings. The van der Waals surface area contributed by atoms with Crippen molar-refractivity contribution in [1.29, 1.82) is 0 Å². The highest BCUT2D eigenvalue weighted by Gasteiger charge is 2.31. The molecule has 0 radical (unpaired) electrons. The third-order valence-electron chi connectivity index (χ3n) is 5.50. The monoisotopic (exact) mass is 437 g/mol. The summed E-state index contributed by atoms with van der Waals surface area (Å²) in [5.74, 6) is -3.25. The number of esters is 1. The van der Waals surface area contributed by atoms with Gasteiger partial charge < -0.3 is 19.5 Å². The fourth-order valence-electron chi connectivity index (χ4n) is 3.80. The first kappa shape index (κ1) is 21.2. The lowest BCUT2D eigenvalue weighted by atomic mass is 10.0. The first-order valence-electron chi connectivity index (χ1n) is 9.98. The van der Waals surface area contributed by atoms with Crippen LogP contribution in [0.1, 0.15) is 31.1 Å². The van der Waals surface area contributed by atoms with Crippen molar-refractivity contribution in [3.05, 3.63) is 71.2 Å². The molecule has 1 aliphatic heterocycles. The highest BCUT2D eigenvalue weighted by atomic mass is 19.1. The number of H-pyrrole nitrogens is 1. The van der Waals surface area contributed by atoms with E-state index in [-0.39, 0.29) is 54.1 Å². The molecular formula is C23H20FN3O5. The van der Waals surface area contributed by atoms with Crippen molar-refractivity contribution in [2.75, 3.05) is 33.3 Å². The fourth-order valence-corrected chi connectivity index (χ4v) is 3.80. The van der Waals surface area contributed by atoms with E-state index in [0.29, 0.717) is 5.56 Å². The van der Waals surface area contributed by atoms with E-state index >= 15 is 0 Å². The van der Waals surface area contributed by atoms with Crippen LogP contribution in [0.2, 0.25) is 0 Å². The average molecular weight is 437 g/mol. The van der Waals surface area contributed by atoms with Crippen molar-refractivity contribution in [3.8, 4) is 0 Å². The van der Waals surface area contributed by atoms with Crippen LogP contribution in [0, 0.1) is 5.82 Å². The van der Waals surface area contributed by atoms with E-state index in [2.05, 4.69) is 9.72 Å². The number of aromatic amines is 1. The number of Topliss-reactive ketones (excluding diaryl/α,β-unsaturated/α-hetero) is 1. The van der Waals surface area contributed by atoms with E-state index in [1.807, 2.05) is 6.07 Å². The average Bonchev–Trinajstić information content (AvgIpc) is 3.29. The summed E-state index contributed by atoms with van der Waals surface area (Å²) in [5, 5.41) is -0.135. The van der Waals surface area contributed by atoms with Crippen LogP contribution < -0.4 is 0 Å². The van der Waals surface area contributed by atoms with Crippen molar-refractivity contribution in [2.24, 2.45) is 0 Å². The number of amides is 2. The third kappa shape index (κ3) is 3.73. The Bertz CT molecular complexity index is 1210. The number of piperazine rings is 1. The summed E-state index contributed by atoms with van der Waals surface area (Å²) in [6.45, 7) is 0.922. The Kier molecular flexibility index (Phi) is 5.72. The van der Waals surface area contributed by atoms with Gasteiger partial charge in [-0.15, -0.1) is 0 Å². The molecule has 164 valence electrons. The minimum atomic E-state index is -0.889. The Morgan fingerprint density at radius 1 is 0.906 bits per heavy atom. The van der Waals surface area contributed by atoms with Crippen LogP contribution >= 0.6 is 0 Å². The Morgan fingerprint density at radius 2 is 1.56 bits per heavy atom. The van der Waals surface area contributed by atoms with Crippen LogP contribution in [-0.2, 0) is 9.53 Å². The van der Waals surface area contributed by atoms with Gasteiger partial charge in [0.05, 0.1) is 23.8 Å². The van der Waals surface area contributed by atoms with Gasteiger partial charge >= 0.3 is 5.97 Å². The number of nitrogens with one attached hydrogen (secondary N) is 1. The van der Waals surface area contributed by atoms with Gasteiger partial charge in [-0.1, -0.05) is 18.2 Å². The van der Waals surface area contributed by atoms with Gasteiger partial charge in [0.25, 0.3) is 17.6 Å². The summed E-state index contributed by atoms with van der Waals surface area (Å²) >= 11 is 0. The quantitative estimate of drug-likeness (QED) is 0.384. The van der Waals surface area contributed by atoms with Crippen LogP contribution in [0.3, 0.4) is 0 Å². The maximum Gasteiger partial charge on any atom is 0.339 e. The molecule has 0 spiro atoms. The molecule has 0 aliphatic carbocycles. The molecule has 8 nitrogen and oxygen atoms in total. The smallest absolute Gasteiger partial charge is 0.339 e. The summed E-state index contributed by atoms with van der Waals surface area (Å²) in [4.78, 5) is 55.9. The molecule has 2 aromatic carbocycles. The molecule has 32 heavy (non-hydrogen) atoms. The SMILES string of the molecule is COC(=O)c1ccc(F)c2c(C(=O)C(=O)N3CCN(C(=O)c4ccccc4)CC3)c[nH]c12. The second kappa shape index (κ2) is 8.62. The Morgan fingerprint density at radius 3 is 2.22 bits per heavy atom. The molecule has 0 unspecified atom stereocenters. The Hall–Kier alpha value is -4.01. The van der Waals surface area contributed by atoms with E-state index in [9.17, 15) is 23.6 Å². The molecular weight excluding hydrogens is 417 g/mol. The lowest BCUT2D eigenvalue weighted by molar-refractivity contribution is -0.127. The Labute approximate surface area is 182 Å². The van der Waals surface area contributed by atoms with Crippen LogP contribution in [0.5, 0.6) is 0 Å². The first-order chi connectivity index (χ1) is 15.4. The zero-order chi connectivity index (χ0) is 22.8. The second-order valence-corrected chi connectivity index (χ2v) is 7.32. The van der Waals surface area contributed by atoms with Crippen molar-refractivity contribution in [1.82, 2.24) is 14.8 Å². The molecule has 0 bridgehead atoms. The lowest BCUT2D eigenvalue weighted by Crippen LogP contribution is -2.52. The maximum absolute atomic E-state index is 14.5. The summed E-state index contributed by atoms with van der Waals surface area (Å²) in [5.41, 5.74) is 0.546. The molecule has 0 atom stereocenters. The largest absolute Gasteiger partial charge is 0.465 e. The Balaban J connectivity index is 1.50. The summed E-state index contributed by atoms with van der Waals surface area (Å²) in [7, 11) is 1.19. The number of carbonyl (C=O) groups excluding carboxylic acids is 4. The van der Waals surface area contributed by atoms with Crippen molar-refractivity contribution in [2.45, 2.75) is 0 Å². The number of hydrogen-bond acceptors (Lipinski definition) is 5. The number of halogens is 1. The van der Waals surface area contributed by atoms with Gasteiger partial charge in [0.15, 0.2) is 0 Å². The normalized spacial score (nSPS) is 13.8. The predicted octanol–water partition coefficient (Wildman–Crippen LogP) is 2.26. The molecule has 1 aromatic heterocycles. The number of carbonyl (C=O) groups is 4. The summed E-state index contributed by atoms with van der Waals surface area (Å²) < 4.78 is 19.2. The molecule has 3 aromatic rings. The van der Waals surface area contributed by atoms with E-state index in [0.717, 1.165) is 6.07 Å². The van der Waals surface area contributed by atoms with Gasteiger partial charge in [0.1, 0.15) is 5.82 Å². The van der Waals surface area contributed by atoms with Gasteiger partial charge in [0, 0.05) is 43.3 Å². The van der Waals surface area contributed by atoms with Crippen molar-refractivity contribution in [3.63, 3.8) is 0 Å². The summed E-state index contributed by atoms with van der Waals surface area (Å²) in [6, 6.07) is 11.1. The number of aromatic nitrogens is 1. The molecule has 1 saturated heterocycles. The lowest BCUT2D eigenvalue weighted by Gasteiger charge is -2.34. The highest BCUT2D eigenvalue weighted by Crippen LogP contribution is 2.26. The number of hydrogen-bond donors (Lipinski definition) is 1. The van der Waals surface area contributed by atoms with E-state index in [1.165, 1.54) is 24.3 Å². The number of ketones is 1. The topological polar surface area (TPSA) is 99.8 Å². The van der Waals surface area contributed by atoms with Crippen LogP contribution in [0.4, 0.5) is 4.39 Å². The van der Waals surface area contributed by atoms with E-state index < -0.39 is 23.5 Å². The summed E-state index contributed by atoms with van der Waals surface area (Å²) in [6.07, 6.45) is 1.22. The number of benzene rings is 2. The van der Waals surface area contributed by atoms with Crippen molar-refractivity contribution >= 4 is 34.5 Å². The minimum absolute atomic E-state index is 0.0587. The number of nitrogens with zero attached hydrogens (tertiary/aromatic N) is 2.